The number of nitrogens with zero attached hydrogens (tertiary/aromatic N) is 3. The Kier molecular flexibility index (Phi) is 21.9. The number of anilines is 1. The van der Waals surface area contributed by atoms with Crippen LogP contribution in [0.4, 0.5) is 5.69 Å². The largest absolute Gasteiger partial charge is 0.497 e. The number of nitrogens with two attached hydrogens (primary N) is 1. The molecule has 13 nitrogen and oxygen atoms in total. The van der Waals surface area contributed by atoms with Gasteiger partial charge in [0.15, 0.2) is 11.5 Å². The Balaban J connectivity index is 0.000000227. The summed E-state index contributed by atoms with van der Waals surface area (Å²) in [5.41, 5.74) is 8.92. The first-order valence-electron chi connectivity index (χ1n) is 22.6. The number of fused-ring (bicyclic) bond motifs is 2. The number of hydrogen-bond donors (Lipinski definition) is 2. The number of hydrogen-bond acceptors (Lipinski definition) is 12. The maximum absolute atomic E-state index is 13.1. The lowest BCUT2D eigenvalue weighted by molar-refractivity contribution is -0.191. The number of esters is 1. The summed E-state index contributed by atoms with van der Waals surface area (Å²) in [5.74, 6) is 7.29. The predicted molar refractivity (Wildman–Crippen MR) is 304 cm³/mol. The number of aryl methyl sites for hydroxylation is 2. The van der Waals surface area contributed by atoms with Crippen LogP contribution in [0.3, 0.4) is 0 Å². The summed E-state index contributed by atoms with van der Waals surface area (Å²) in [6.07, 6.45) is 3.60. The number of hydrazine groups is 1. The van der Waals surface area contributed by atoms with Gasteiger partial charge in [-0.3, -0.25) is 10.6 Å². The van der Waals surface area contributed by atoms with Crippen molar-refractivity contribution in [1.82, 2.24) is 14.7 Å². The van der Waals surface area contributed by atoms with E-state index in [1.807, 2.05) is 113 Å². The van der Waals surface area contributed by atoms with Gasteiger partial charge in [0.1, 0.15) is 22.9 Å². The van der Waals surface area contributed by atoms with E-state index in [1.165, 1.54) is 12.7 Å². The molecule has 0 saturated heterocycles. The minimum absolute atomic E-state index is 0. The van der Waals surface area contributed by atoms with Gasteiger partial charge in [0.05, 0.1) is 37.4 Å². The zero-order valence-electron chi connectivity index (χ0n) is 41.8. The molecule has 3 N–H and O–H groups in total. The van der Waals surface area contributed by atoms with E-state index in [4.69, 9.17) is 80.8 Å². The minimum Gasteiger partial charge on any atom is -0.497 e. The van der Waals surface area contributed by atoms with Gasteiger partial charge in [-0.1, -0.05) is 118 Å². The van der Waals surface area contributed by atoms with E-state index >= 15 is 0 Å². The molecule has 9 rings (SSSR count). The fraction of sp³-hybridized carbons (Fsp3) is 0.103. The molecule has 0 aliphatic heterocycles. The normalized spacial score (nSPS) is 10.4. The highest BCUT2D eigenvalue weighted by Gasteiger charge is 2.20. The molecule has 0 atom stereocenters. The summed E-state index contributed by atoms with van der Waals surface area (Å²) in [6, 6.07) is 48.7. The molecule has 76 heavy (non-hydrogen) atoms. The molecule has 0 aliphatic rings. The Morgan fingerprint density at radius 2 is 1.14 bits per heavy atom. The van der Waals surface area contributed by atoms with Crippen molar-refractivity contribution in [3.8, 4) is 39.9 Å². The Labute approximate surface area is 465 Å². The quantitative estimate of drug-likeness (QED) is 0.0298. The second-order valence-electron chi connectivity index (χ2n) is 16.6. The summed E-state index contributed by atoms with van der Waals surface area (Å²) >= 11 is 23.9. The molecule has 0 aliphatic carbocycles. The standard InChI is InChI=1S/C27H20Cl2N2O2.C24H23NO4.C6H6Cl2N2.CO2.ClH/c1-17-3-8-24(9-4-17)33-26-16-30-31(23-14-21(28)13-22(29)15-23)27(26)20-6-5-19-12-25(32-2)10-7-18(19)11-20;1-16-5-6-19-14-20(8-7-18(19)13-16)23(26)22(15-25(2)3)29-21-11-9-17(10-12-21)24(27)28-4;7-4-1-5(8)3-6(2-4)10-9;2-1-3;/h3-16H,1-2H3;5-15H,1-4H3;1-3,10H,9H2;;1H/b;22-15-;;;. The van der Waals surface area contributed by atoms with Crippen molar-refractivity contribution in [2.75, 3.05) is 33.7 Å². The highest BCUT2D eigenvalue weighted by Crippen LogP contribution is 2.38. The molecule has 18 heteroatoms. The molecule has 0 radical (unpaired) electrons. The van der Waals surface area contributed by atoms with Crippen LogP contribution >= 0.6 is 58.8 Å². The van der Waals surface area contributed by atoms with Gasteiger partial charge >= 0.3 is 12.1 Å². The first-order valence-corrected chi connectivity index (χ1v) is 24.1. The second-order valence-corrected chi connectivity index (χ2v) is 18.3. The molecule has 9 aromatic rings. The lowest BCUT2D eigenvalue weighted by Gasteiger charge is -2.13. The van der Waals surface area contributed by atoms with Crippen molar-refractivity contribution in [2.45, 2.75) is 13.8 Å². The molecule has 0 unspecified atom stereocenters. The van der Waals surface area contributed by atoms with E-state index in [0.29, 0.717) is 48.4 Å². The second kappa shape index (κ2) is 28.2. The van der Waals surface area contributed by atoms with Crippen molar-refractivity contribution in [1.29, 1.82) is 0 Å². The van der Waals surface area contributed by atoms with Crippen molar-refractivity contribution in [2.24, 2.45) is 5.84 Å². The van der Waals surface area contributed by atoms with Crippen LogP contribution in [0, 0.1) is 13.8 Å². The fourth-order valence-corrected chi connectivity index (χ4v) is 8.36. The van der Waals surface area contributed by atoms with Crippen molar-refractivity contribution in [3.05, 3.63) is 218 Å². The number of Topliss-reactive ketones (excluding diaryl/α,β-unsaturated/α-hetero) is 1. The average molecular weight is 1120 g/mol. The minimum atomic E-state index is -0.428. The van der Waals surface area contributed by atoms with Crippen LogP contribution in [-0.2, 0) is 14.3 Å². The Bertz CT molecular complexity index is 3490. The molecular weight excluding hydrogens is 1070 g/mol. The van der Waals surface area contributed by atoms with Gasteiger partial charge in [0, 0.05) is 51.5 Å². The van der Waals surface area contributed by atoms with E-state index in [0.717, 1.165) is 55.6 Å². The maximum atomic E-state index is 13.1. The molecule has 1 heterocycles. The molecule has 0 saturated carbocycles. The highest BCUT2D eigenvalue weighted by atomic mass is 35.5. The lowest BCUT2D eigenvalue weighted by Crippen LogP contribution is -2.14. The van der Waals surface area contributed by atoms with Crippen LogP contribution < -0.4 is 25.5 Å². The molecule has 390 valence electrons. The van der Waals surface area contributed by atoms with Crippen LogP contribution in [0.15, 0.2) is 176 Å². The molecule has 0 amide bonds. The summed E-state index contributed by atoms with van der Waals surface area (Å²) in [6.45, 7) is 4.08. The van der Waals surface area contributed by atoms with Crippen LogP contribution in [0.25, 0.3) is 38.5 Å². The number of allylic oxidation sites excluding steroid dienone is 1. The van der Waals surface area contributed by atoms with Crippen molar-refractivity contribution >= 4 is 104 Å². The smallest absolute Gasteiger partial charge is 0.373 e. The van der Waals surface area contributed by atoms with Crippen molar-refractivity contribution in [3.63, 3.8) is 0 Å². The summed E-state index contributed by atoms with van der Waals surface area (Å²) in [4.78, 5) is 42.7. The van der Waals surface area contributed by atoms with E-state index in [-0.39, 0.29) is 30.1 Å². The van der Waals surface area contributed by atoms with Crippen molar-refractivity contribution < 1.29 is 38.1 Å². The van der Waals surface area contributed by atoms with Gasteiger partial charge in [-0.2, -0.15) is 14.7 Å². The third-order valence-corrected chi connectivity index (χ3v) is 11.7. The van der Waals surface area contributed by atoms with Gasteiger partial charge < -0.3 is 29.3 Å². The van der Waals surface area contributed by atoms with Gasteiger partial charge in [-0.05, 0) is 132 Å². The number of halogens is 5. The summed E-state index contributed by atoms with van der Waals surface area (Å²) < 4.78 is 24.0. The molecule has 0 spiro atoms. The van der Waals surface area contributed by atoms with Crippen LogP contribution in [0.5, 0.6) is 23.0 Å². The molecule has 1 aromatic heterocycles. The van der Waals surface area contributed by atoms with Gasteiger partial charge in [0.2, 0.25) is 5.78 Å². The number of ketones is 1. The number of aromatic nitrogens is 2. The fourth-order valence-electron chi connectivity index (χ4n) is 7.32. The van der Waals surface area contributed by atoms with Crippen LogP contribution in [0.1, 0.15) is 31.8 Å². The predicted octanol–water partition coefficient (Wildman–Crippen LogP) is 14.8. The lowest BCUT2D eigenvalue weighted by atomic mass is 10.0. The molecule has 0 bridgehead atoms. The first kappa shape index (κ1) is 59.0. The van der Waals surface area contributed by atoms with E-state index in [9.17, 15) is 9.59 Å². The van der Waals surface area contributed by atoms with E-state index < -0.39 is 5.97 Å². The van der Waals surface area contributed by atoms with Crippen LogP contribution in [-0.4, -0.2) is 60.9 Å². The summed E-state index contributed by atoms with van der Waals surface area (Å²) in [7, 11) is 6.63. The maximum Gasteiger partial charge on any atom is 0.373 e. The molecular formula is C58H50Cl5N5O8. The number of carbonyl (C=O) groups is 2. The monoisotopic (exact) mass is 1120 g/mol. The zero-order valence-corrected chi connectivity index (χ0v) is 45.6. The van der Waals surface area contributed by atoms with Gasteiger partial charge in [-0.15, -0.1) is 12.4 Å². The SMILES string of the molecule is COC(=O)c1ccc(O/C(=C\N(C)C)C(=O)c2ccc3cc(C)ccc3c2)cc1.COc1ccc2cc(-c3c(Oc4ccc(C)cc4)cnn3-c3cc(Cl)cc(Cl)c3)ccc2c1.Cl.NNc1cc(Cl)cc(Cl)c1.O=C=O. The number of benzene rings is 8. The summed E-state index contributed by atoms with van der Waals surface area (Å²) in [5, 5.41) is 11.1. The Hall–Kier alpha value is -7.84. The number of rotatable bonds is 12. The molecule has 0 fully saturated rings. The third-order valence-electron chi connectivity index (χ3n) is 10.8. The van der Waals surface area contributed by atoms with Crippen LogP contribution in [0.2, 0.25) is 20.1 Å². The Morgan fingerprint density at radius 1 is 0.632 bits per heavy atom. The zero-order chi connectivity index (χ0) is 54.2. The first-order chi connectivity index (χ1) is 36.0. The number of methoxy groups -OCH3 is 2. The number of nitrogen functional groups attached to an aromatic ring is 1. The Morgan fingerprint density at radius 3 is 1.75 bits per heavy atom. The average Bonchev–Trinajstić information content (AvgIpc) is 3.83. The third kappa shape index (κ3) is 16.3. The van der Waals surface area contributed by atoms with Gasteiger partial charge in [0.25, 0.3) is 0 Å². The van der Waals surface area contributed by atoms with E-state index in [2.05, 4.69) is 28.7 Å². The number of carbonyl (C=O) groups excluding carboxylic acids is 4. The number of nitrogens with one attached hydrogen (secondary N) is 1. The van der Waals surface area contributed by atoms with Gasteiger partial charge in [-0.25, -0.2) is 9.48 Å². The number of ether oxygens (including phenoxy) is 4. The highest BCUT2D eigenvalue weighted by molar-refractivity contribution is 6.35. The topological polar surface area (TPSA) is 164 Å². The van der Waals surface area contributed by atoms with E-state index in [1.54, 1.807) is 83.7 Å². The molecule has 8 aromatic carbocycles.